The molecule has 0 N–H and O–H groups in total. The number of halogens is 7. The summed E-state index contributed by atoms with van der Waals surface area (Å²) in [4.78, 5) is 14.8. The molecule has 1 aromatic heterocycles. The van der Waals surface area contributed by atoms with E-state index >= 15 is 0 Å². The minimum Gasteiger partial charge on any atom is -0.460 e. The van der Waals surface area contributed by atoms with E-state index < -0.39 is 64.2 Å². The minimum absolute atomic E-state index is 0.428. The summed E-state index contributed by atoms with van der Waals surface area (Å²) in [5.41, 5.74) is -1.71. The average molecular weight is 388 g/mol. The number of rotatable bonds is 4. The summed E-state index contributed by atoms with van der Waals surface area (Å²) in [7, 11) is 0. The molecule has 2 unspecified atom stereocenters. The molecule has 0 aromatic carbocycles. The number of hydrogen-bond acceptors (Lipinski definition) is 3. The maximum absolute atomic E-state index is 13.4. The highest BCUT2D eigenvalue weighted by Gasteiger charge is 2.62. The number of hydrogen-bond donors (Lipinski definition) is 0. The van der Waals surface area contributed by atoms with E-state index in [0.717, 1.165) is 0 Å². The van der Waals surface area contributed by atoms with Crippen molar-refractivity contribution in [2.24, 2.45) is 17.3 Å². The summed E-state index contributed by atoms with van der Waals surface area (Å²) in [6.45, 7) is 2.13. The molecule has 2 atom stereocenters. The SMILES string of the molecule is CC1(C)C(/C=C(\Cl)C(F)(F)F)C1C(=O)OCc1c(F)cnc(F)c1F. The normalized spacial score (nSPS) is 22.7. The van der Waals surface area contributed by atoms with E-state index in [1.807, 2.05) is 0 Å². The summed E-state index contributed by atoms with van der Waals surface area (Å²) < 4.78 is 82.0. The van der Waals surface area contributed by atoms with Crippen LogP contribution < -0.4 is 0 Å². The Balaban J connectivity index is 2.09. The second-order valence-electron chi connectivity index (χ2n) is 6.13. The summed E-state index contributed by atoms with van der Waals surface area (Å²) >= 11 is 5.16. The van der Waals surface area contributed by atoms with Crippen LogP contribution in [0.1, 0.15) is 19.4 Å². The molecule has 0 radical (unpaired) electrons. The standard InChI is InChI=1S/C15H12ClF6NO2/c1-14(2)7(3-9(16)15(20,21)22)10(14)13(24)25-5-6-8(17)4-23-12(19)11(6)18/h3-4,7,10H,5H2,1-2H3/b9-3-. The predicted molar refractivity (Wildman–Crippen MR) is 74.7 cm³/mol. The lowest BCUT2D eigenvalue weighted by Crippen LogP contribution is -2.13. The lowest BCUT2D eigenvalue weighted by Gasteiger charge is -2.07. The Morgan fingerprint density at radius 1 is 1.36 bits per heavy atom. The first kappa shape index (κ1) is 19.6. The molecule has 1 aromatic rings. The molecule has 0 spiro atoms. The van der Waals surface area contributed by atoms with Crippen molar-refractivity contribution in [3.05, 3.63) is 40.5 Å². The topological polar surface area (TPSA) is 39.2 Å². The van der Waals surface area contributed by atoms with Crippen LogP contribution in [-0.2, 0) is 16.1 Å². The number of allylic oxidation sites excluding steroid dienone is 2. The van der Waals surface area contributed by atoms with Crippen molar-refractivity contribution < 1.29 is 35.9 Å². The van der Waals surface area contributed by atoms with Gasteiger partial charge in [-0.25, -0.2) is 13.8 Å². The van der Waals surface area contributed by atoms with Crippen LogP contribution in [0.5, 0.6) is 0 Å². The molecule has 1 aliphatic rings. The van der Waals surface area contributed by atoms with Crippen LogP contribution in [0.25, 0.3) is 0 Å². The van der Waals surface area contributed by atoms with Gasteiger partial charge in [0.25, 0.3) is 0 Å². The quantitative estimate of drug-likeness (QED) is 0.434. The Bertz CT molecular complexity index is 731. The van der Waals surface area contributed by atoms with E-state index in [0.29, 0.717) is 12.3 Å². The Labute approximate surface area is 143 Å². The molecule has 1 saturated carbocycles. The van der Waals surface area contributed by atoms with Gasteiger partial charge in [-0.15, -0.1) is 0 Å². The zero-order valence-electron chi connectivity index (χ0n) is 12.9. The predicted octanol–water partition coefficient (Wildman–Crippen LogP) is 4.50. The monoisotopic (exact) mass is 387 g/mol. The number of ether oxygens (including phenoxy) is 1. The van der Waals surface area contributed by atoms with E-state index in [-0.39, 0.29) is 0 Å². The third-order valence-electron chi connectivity index (χ3n) is 4.15. The molecule has 1 aliphatic carbocycles. The van der Waals surface area contributed by atoms with Crippen molar-refractivity contribution in [3.8, 4) is 0 Å². The molecular formula is C15H12ClF6NO2. The molecule has 1 fully saturated rings. The first-order valence-electron chi connectivity index (χ1n) is 6.97. The van der Waals surface area contributed by atoms with E-state index in [1.165, 1.54) is 13.8 Å². The fraction of sp³-hybridized carbons (Fsp3) is 0.467. The Morgan fingerprint density at radius 2 is 1.96 bits per heavy atom. The third kappa shape index (κ3) is 3.91. The Morgan fingerprint density at radius 3 is 2.52 bits per heavy atom. The van der Waals surface area contributed by atoms with Crippen LogP contribution in [-0.4, -0.2) is 17.1 Å². The zero-order chi connectivity index (χ0) is 19.2. The van der Waals surface area contributed by atoms with Gasteiger partial charge >= 0.3 is 12.1 Å². The van der Waals surface area contributed by atoms with Gasteiger partial charge in [-0.2, -0.15) is 17.6 Å². The largest absolute Gasteiger partial charge is 0.460 e. The summed E-state index contributed by atoms with van der Waals surface area (Å²) in [5, 5.41) is -1.37. The van der Waals surface area contributed by atoms with Gasteiger partial charge in [0.2, 0.25) is 5.95 Å². The number of carbonyl (C=O) groups excluding carboxylic acids is 1. The van der Waals surface area contributed by atoms with Gasteiger partial charge in [0, 0.05) is 0 Å². The van der Waals surface area contributed by atoms with Gasteiger partial charge in [0.1, 0.15) is 11.6 Å². The molecule has 0 saturated heterocycles. The van der Waals surface area contributed by atoms with Crippen LogP contribution in [0, 0.1) is 34.8 Å². The number of esters is 1. The van der Waals surface area contributed by atoms with Crippen molar-refractivity contribution in [3.63, 3.8) is 0 Å². The number of aromatic nitrogens is 1. The van der Waals surface area contributed by atoms with Crippen molar-refractivity contribution in [2.75, 3.05) is 0 Å². The van der Waals surface area contributed by atoms with Gasteiger partial charge in [0.05, 0.1) is 17.7 Å². The molecule has 10 heteroatoms. The lowest BCUT2D eigenvalue weighted by molar-refractivity contribution is -0.147. The highest BCUT2D eigenvalue weighted by Crippen LogP contribution is 2.60. The van der Waals surface area contributed by atoms with E-state index in [4.69, 9.17) is 16.3 Å². The Hall–Kier alpha value is -1.77. The Kier molecular flexibility index (Phi) is 5.09. The molecule has 0 amide bonds. The molecule has 0 bridgehead atoms. The second-order valence-corrected chi connectivity index (χ2v) is 6.54. The van der Waals surface area contributed by atoms with Crippen LogP contribution >= 0.6 is 11.6 Å². The molecule has 1 heterocycles. The number of alkyl halides is 3. The number of nitrogens with zero attached hydrogens (tertiary/aromatic N) is 1. The fourth-order valence-electron chi connectivity index (χ4n) is 2.53. The molecule has 3 nitrogen and oxygen atoms in total. The minimum atomic E-state index is -4.74. The van der Waals surface area contributed by atoms with Crippen molar-refractivity contribution >= 4 is 17.6 Å². The smallest absolute Gasteiger partial charge is 0.426 e. The highest BCUT2D eigenvalue weighted by atomic mass is 35.5. The van der Waals surface area contributed by atoms with Gasteiger partial charge in [-0.3, -0.25) is 4.79 Å². The van der Waals surface area contributed by atoms with Crippen molar-refractivity contribution in [1.82, 2.24) is 4.98 Å². The maximum Gasteiger partial charge on any atom is 0.426 e. The van der Waals surface area contributed by atoms with Crippen LogP contribution in [0.4, 0.5) is 26.3 Å². The van der Waals surface area contributed by atoms with Gasteiger partial charge in [-0.05, 0) is 11.3 Å². The van der Waals surface area contributed by atoms with Gasteiger partial charge in [0.15, 0.2) is 11.6 Å². The van der Waals surface area contributed by atoms with Crippen LogP contribution in [0.15, 0.2) is 17.3 Å². The van der Waals surface area contributed by atoms with Crippen molar-refractivity contribution in [1.29, 1.82) is 0 Å². The highest BCUT2D eigenvalue weighted by molar-refractivity contribution is 6.30. The molecular weight excluding hydrogens is 376 g/mol. The van der Waals surface area contributed by atoms with Crippen molar-refractivity contribution in [2.45, 2.75) is 26.6 Å². The molecule has 25 heavy (non-hydrogen) atoms. The van der Waals surface area contributed by atoms with Crippen LogP contribution in [0.2, 0.25) is 0 Å². The summed E-state index contributed by atoms with van der Waals surface area (Å²) in [5.74, 6) is -7.15. The lowest BCUT2D eigenvalue weighted by atomic mass is 10.1. The first-order chi connectivity index (χ1) is 11.4. The van der Waals surface area contributed by atoms with E-state index in [9.17, 15) is 31.1 Å². The van der Waals surface area contributed by atoms with Gasteiger partial charge in [-0.1, -0.05) is 31.5 Å². The molecule has 0 aliphatic heterocycles. The molecule has 138 valence electrons. The zero-order valence-corrected chi connectivity index (χ0v) is 13.7. The summed E-state index contributed by atoms with van der Waals surface area (Å²) in [6.07, 6.45) is -3.60. The number of carbonyl (C=O) groups is 1. The van der Waals surface area contributed by atoms with Gasteiger partial charge < -0.3 is 4.74 Å². The summed E-state index contributed by atoms with van der Waals surface area (Å²) in [6, 6.07) is 0. The van der Waals surface area contributed by atoms with E-state index in [2.05, 4.69) is 4.98 Å². The average Bonchev–Trinajstić information content (AvgIpc) is 3.02. The fourth-order valence-corrected chi connectivity index (χ4v) is 2.67. The third-order valence-corrected chi connectivity index (χ3v) is 4.49. The second kappa shape index (κ2) is 6.51. The molecule has 2 rings (SSSR count). The van der Waals surface area contributed by atoms with E-state index in [1.54, 1.807) is 0 Å². The van der Waals surface area contributed by atoms with Crippen LogP contribution in [0.3, 0.4) is 0 Å². The first-order valence-corrected chi connectivity index (χ1v) is 7.34. The maximum atomic E-state index is 13.4. The number of pyridine rings is 1.